The molecule has 0 atom stereocenters. The minimum atomic E-state index is -0.294. The summed E-state index contributed by atoms with van der Waals surface area (Å²) in [6.07, 6.45) is 0. The van der Waals surface area contributed by atoms with E-state index in [2.05, 4.69) is 5.32 Å². The van der Waals surface area contributed by atoms with Crippen molar-refractivity contribution in [3.8, 4) is 11.5 Å². The number of fused-ring (bicyclic) bond motifs is 1. The molecule has 1 aliphatic rings. The number of benzene rings is 2. The third-order valence-electron chi connectivity index (χ3n) is 3.29. The van der Waals surface area contributed by atoms with Crippen molar-refractivity contribution in [2.45, 2.75) is 6.54 Å². The van der Waals surface area contributed by atoms with E-state index in [1.807, 2.05) is 0 Å². The number of carbonyl (C=O) groups excluding carboxylic acids is 1. The van der Waals surface area contributed by atoms with E-state index >= 15 is 0 Å². The summed E-state index contributed by atoms with van der Waals surface area (Å²) >= 11 is 18.0. The quantitative estimate of drug-likeness (QED) is 0.871. The maximum atomic E-state index is 12.2. The van der Waals surface area contributed by atoms with Crippen LogP contribution in [-0.4, -0.2) is 19.1 Å². The molecule has 7 heteroatoms. The molecule has 120 valence electrons. The lowest BCUT2D eigenvalue weighted by Gasteiger charge is -2.20. The number of amides is 1. The average Bonchev–Trinajstić information content (AvgIpc) is 2.53. The number of ether oxygens (including phenoxy) is 2. The van der Waals surface area contributed by atoms with Crippen LogP contribution in [0.5, 0.6) is 11.5 Å². The highest BCUT2D eigenvalue weighted by atomic mass is 35.5. The number of carbonyl (C=O) groups is 1. The molecule has 2 aromatic rings. The molecule has 0 saturated heterocycles. The van der Waals surface area contributed by atoms with Crippen LogP contribution in [0.1, 0.15) is 15.9 Å². The van der Waals surface area contributed by atoms with Crippen LogP contribution in [0.15, 0.2) is 30.3 Å². The first-order valence-electron chi connectivity index (χ1n) is 6.86. The fourth-order valence-corrected chi connectivity index (χ4v) is 3.00. The molecule has 0 spiro atoms. The van der Waals surface area contributed by atoms with Crippen molar-refractivity contribution in [3.63, 3.8) is 0 Å². The first kappa shape index (κ1) is 16.2. The highest BCUT2D eigenvalue weighted by Gasteiger charge is 2.17. The van der Waals surface area contributed by atoms with Gasteiger partial charge in [-0.1, -0.05) is 34.8 Å². The minimum Gasteiger partial charge on any atom is -0.486 e. The van der Waals surface area contributed by atoms with Gasteiger partial charge in [0.2, 0.25) is 0 Å². The number of rotatable bonds is 3. The number of halogens is 3. The largest absolute Gasteiger partial charge is 0.486 e. The van der Waals surface area contributed by atoms with Crippen molar-refractivity contribution in [2.24, 2.45) is 0 Å². The molecule has 0 aliphatic carbocycles. The van der Waals surface area contributed by atoms with Gasteiger partial charge in [-0.05, 0) is 35.9 Å². The molecular formula is C16H12Cl3NO3. The molecule has 0 unspecified atom stereocenters. The summed E-state index contributed by atoms with van der Waals surface area (Å²) < 4.78 is 11.0. The van der Waals surface area contributed by atoms with Gasteiger partial charge in [0.25, 0.3) is 5.91 Å². The summed E-state index contributed by atoms with van der Waals surface area (Å²) in [5.41, 5.74) is 1.16. The van der Waals surface area contributed by atoms with E-state index in [-0.39, 0.29) is 12.5 Å². The van der Waals surface area contributed by atoms with E-state index in [1.165, 1.54) is 6.07 Å². The lowest BCUT2D eigenvalue weighted by atomic mass is 10.1. The maximum absolute atomic E-state index is 12.2. The maximum Gasteiger partial charge on any atom is 0.253 e. The van der Waals surface area contributed by atoms with Gasteiger partial charge >= 0.3 is 0 Å². The summed E-state index contributed by atoms with van der Waals surface area (Å²) in [6, 6.07) is 8.25. The Hall–Kier alpha value is -1.62. The van der Waals surface area contributed by atoms with E-state index in [4.69, 9.17) is 44.3 Å². The first-order chi connectivity index (χ1) is 11.0. The molecule has 0 bridgehead atoms. The molecule has 0 radical (unpaired) electrons. The number of hydrogen-bond donors (Lipinski definition) is 1. The Balaban J connectivity index is 1.73. The van der Waals surface area contributed by atoms with Crippen LogP contribution in [-0.2, 0) is 6.54 Å². The van der Waals surface area contributed by atoms with Crippen LogP contribution in [0.25, 0.3) is 0 Å². The molecule has 4 nitrogen and oxygen atoms in total. The molecule has 1 heterocycles. The summed E-state index contributed by atoms with van der Waals surface area (Å²) in [6.45, 7) is 1.23. The predicted octanol–water partition coefficient (Wildman–Crippen LogP) is 4.35. The van der Waals surface area contributed by atoms with Gasteiger partial charge in [-0.25, -0.2) is 0 Å². The van der Waals surface area contributed by atoms with Crippen LogP contribution >= 0.6 is 34.8 Å². The third-order valence-corrected chi connectivity index (χ3v) is 4.11. The van der Waals surface area contributed by atoms with Gasteiger partial charge in [-0.15, -0.1) is 0 Å². The average molecular weight is 373 g/mol. The Morgan fingerprint density at radius 2 is 1.83 bits per heavy atom. The minimum absolute atomic E-state index is 0.286. The Bertz CT molecular complexity index is 764. The lowest BCUT2D eigenvalue weighted by molar-refractivity contribution is 0.0951. The highest BCUT2D eigenvalue weighted by molar-refractivity contribution is 6.36. The van der Waals surface area contributed by atoms with Crippen LogP contribution in [0, 0.1) is 0 Å². The molecule has 1 N–H and O–H groups in total. The number of nitrogens with one attached hydrogen (secondary N) is 1. The Kier molecular flexibility index (Phi) is 4.85. The molecule has 1 aliphatic heterocycles. The normalized spacial score (nSPS) is 12.8. The predicted molar refractivity (Wildman–Crippen MR) is 90.1 cm³/mol. The second-order valence-corrected chi connectivity index (χ2v) is 6.16. The van der Waals surface area contributed by atoms with Crippen molar-refractivity contribution in [1.82, 2.24) is 5.32 Å². The molecular weight excluding hydrogens is 361 g/mol. The standard InChI is InChI=1S/C16H12Cl3NO3/c17-10-1-2-11(12(18)7-10)16(21)20-8-9-5-13(19)15-14(6-9)22-3-4-23-15/h1-2,5-7H,3-4,8H2,(H,20,21). The van der Waals surface area contributed by atoms with Crippen LogP contribution in [0.3, 0.4) is 0 Å². The smallest absolute Gasteiger partial charge is 0.253 e. The molecule has 0 fully saturated rings. The Labute approximate surface area is 148 Å². The van der Waals surface area contributed by atoms with E-state index in [1.54, 1.807) is 24.3 Å². The van der Waals surface area contributed by atoms with E-state index in [9.17, 15) is 4.79 Å². The number of hydrogen-bond acceptors (Lipinski definition) is 3. The zero-order valence-corrected chi connectivity index (χ0v) is 14.1. The lowest BCUT2D eigenvalue weighted by Crippen LogP contribution is -2.23. The van der Waals surface area contributed by atoms with Gasteiger partial charge in [-0.3, -0.25) is 4.79 Å². The van der Waals surface area contributed by atoms with E-state index in [0.29, 0.717) is 45.3 Å². The SMILES string of the molecule is O=C(NCc1cc(Cl)c2c(c1)OCCO2)c1ccc(Cl)cc1Cl. The van der Waals surface area contributed by atoms with Gasteiger partial charge in [0, 0.05) is 11.6 Å². The Morgan fingerprint density at radius 1 is 1.04 bits per heavy atom. The van der Waals surface area contributed by atoms with Crippen molar-refractivity contribution in [2.75, 3.05) is 13.2 Å². The molecule has 2 aromatic carbocycles. The van der Waals surface area contributed by atoms with Gasteiger partial charge in [-0.2, -0.15) is 0 Å². The van der Waals surface area contributed by atoms with Crippen LogP contribution in [0.2, 0.25) is 15.1 Å². The van der Waals surface area contributed by atoms with Crippen LogP contribution < -0.4 is 14.8 Å². The van der Waals surface area contributed by atoms with Gasteiger partial charge in [0.15, 0.2) is 11.5 Å². The molecule has 0 aromatic heterocycles. The van der Waals surface area contributed by atoms with E-state index < -0.39 is 0 Å². The first-order valence-corrected chi connectivity index (χ1v) is 7.99. The van der Waals surface area contributed by atoms with Gasteiger partial charge in [0.05, 0.1) is 15.6 Å². The van der Waals surface area contributed by atoms with Crippen LogP contribution in [0.4, 0.5) is 0 Å². The molecule has 1 amide bonds. The summed E-state index contributed by atoms with van der Waals surface area (Å²) in [5.74, 6) is 0.823. The van der Waals surface area contributed by atoms with Crippen molar-refractivity contribution in [3.05, 3.63) is 56.5 Å². The Morgan fingerprint density at radius 3 is 2.61 bits per heavy atom. The van der Waals surface area contributed by atoms with Crippen molar-refractivity contribution >= 4 is 40.7 Å². The zero-order valence-electron chi connectivity index (χ0n) is 11.9. The van der Waals surface area contributed by atoms with Crippen molar-refractivity contribution < 1.29 is 14.3 Å². The second kappa shape index (κ2) is 6.87. The fraction of sp³-hybridized carbons (Fsp3) is 0.188. The zero-order chi connectivity index (χ0) is 16.4. The second-order valence-electron chi connectivity index (χ2n) is 4.91. The summed E-state index contributed by atoms with van der Waals surface area (Å²) in [7, 11) is 0. The van der Waals surface area contributed by atoms with Crippen molar-refractivity contribution in [1.29, 1.82) is 0 Å². The monoisotopic (exact) mass is 371 g/mol. The summed E-state index contributed by atoms with van der Waals surface area (Å²) in [4.78, 5) is 12.2. The van der Waals surface area contributed by atoms with E-state index in [0.717, 1.165) is 5.56 Å². The highest BCUT2D eigenvalue weighted by Crippen LogP contribution is 2.38. The summed E-state index contributed by atoms with van der Waals surface area (Å²) in [5, 5.41) is 4.02. The molecule has 0 saturated carbocycles. The van der Waals surface area contributed by atoms with Gasteiger partial charge in [0.1, 0.15) is 13.2 Å². The molecule has 23 heavy (non-hydrogen) atoms. The van der Waals surface area contributed by atoms with Gasteiger partial charge < -0.3 is 14.8 Å². The fourth-order valence-electron chi connectivity index (χ4n) is 2.22. The topological polar surface area (TPSA) is 47.6 Å². The third kappa shape index (κ3) is 3.66. The molecule has 3 rings (SSSR count).